The number of halogens is 1. The summed E-state index contributed by atoms with van der Waals surface area (Å²) in [4.78, 5) is 25.8. The third-order valence-corrected chi connectivity index (χ3v) is 5.30. The maximum absolute atomic E-state index is 12.3. The first-order chi connectivity index (χ1) is 13.5. The van der Waals surface area contributed by atoms with Gasteiger partial charge in [-0.05, 0) is 69.3 Å². The number of benzene rings is 2. The SMILES string of the molecule is CN(Cc1csc(Br)c1)C(=O)C(=O)Nc1ccc(N=Nc2ccccc2)cc1. The average molecular weight is 457 g/mol. The second kappa shape index (κ2) is 9.38. The molecule has 1 aromatic heterocycles. The monoisotopic (exact) mass is 456 g/mol. The van der Waals surface area contributed by atoms with Gasteiger partial charge in [0.1, 0.15) is 0 Å². The van der Waals surface area contributed by atoms with Gasteiger partial charge in [0.25, 0.3) is 0 Å². The van der Waals surface area contributed by atoms with Gasteiger partial charge in [0.2, 0.25) is 0 Å². The maximum atomic E-state index is 12.3. The molecule has 0 saturated carbocycles. The summed E-state index contributed by atoms with van der Waals surface area (Å²) >= 11 is 4.92. The van der Waals surface area contributed by atoms with Crippen LogP contribution in [-0.2, 0) is 16.1 Å². The largest absolute Gasteiger partial charge is 0.333 e. The Labute approximate surface area is 175 Å². The molecule has 0 bridgehead atoms. The van der Waals surface area contributed by atoms with Gasteiger partial charge >= 0.3 is 11.8 Å². The molecular weight excluding hydrogens is 440 g/mol. The summed E-state index contributed by atoms with van der Waals surface area (Å²) in [7, 11) is 1.60. The topological polar surface area (TPSA) is 74.1 Å². The summed E-state index contributed by atoms with van der Waals surface area (Å²) in [6.45, 7) is 0.368. The molecule has 0 aliphatic rings. The van der Waals surface area contributed by atoms with Crippen LogP contribution >= 0.6 is 27.3 Å². The van der Waals surface area contributed by atoms with Crippen molar-refractivity contribution in [2.45, 2.75) is 6.54 Å². The fraction of sp³-hybridized carbons (Fsp3) is 0.100. The molecule has 0 unspecified atom stereocenters. The predicted molar refractivity (Wildman–Crippen MR) is 114 cm³/mol. The lowest BCUT2D eigenvalue weighted by Crippen LogP contribution is -2.36. The van der Waals surface area contributed by atoms with Crippen LogP contribution < -0.4 is 5.32 Å². The van der Waals surface area contributed by atoms with E-state index < -0.39 is 11.8 Å². The van der Waals surface area contributed by atoms with Crippen molar-refractivity contribution in [3.8, 4) is 0 Å². The Kier molecular flexibility index (Phi) is 6.67. The number of likely N-dealkylation sites (N-methyl/N-ethyl adjacent to an activating group) is 1. The summed E-state index contributed by atoms with van der Waals surface area (Å²) in [6, 6.07) is 18.1. The van der Waals surface area contributed by atoms with Gasteiger partial charge < -0.3 is 10.2 Å². The van der Waals surface area contributed by atoms with Gasteiger partial charge in [-0.2, -0.15) is 10.2 Å². The van der Waals surface area contributed by atoms with Gasteiger partial charge in [-0.3, -0.25) is 9.59 Å². The van der Waals surface area contributed by atoms with Crippen molar-refractivity contribution in [2.75, 3.05) is 12.4 Å². The highest BCUT2D eigenvalue weighted by molar-refractivity contribution is 9.11. The standard InChI is InChI=1S/C20H17BrN4O2S/c1-25(12-14-11-18(21)28-13-14)20(27)19(26)22-15-7-9-17(10-8-15)24-23-16-5-3-2-4-6-16/h2-11,13H,12H2,1H3,(H,22,26). The summed E-state index contributed by atoms with van der Waals surface area (Å²) in [5.74, 6) is -1.29. The molecule has 0 spiro atoms. The predicted octanol–water partition coefficient (Wildman–Crippen LogP) is 5.52. The van der Waals surface area contributed by atoms with Crippen LogP contribution in [0.3, 0.4) is 0 Å². The molecular formula is C20H17BrN4O2S. The molecule has 1 N–H and O–H groups in total. The molecule has 8 heteroatoms. The van der Waals surface area contributed by atoms with E-state index in [-0.39, 0.29) is 0 Å². The smallest absolute Gasteiger partial charge is 0.313 e. The molecule has 2 amide bonds. The quantitative estimate of drug-likeness (QED) is 0.405. The Morgan fingerprint density at radius 3 is 2.29 bits per heavy atom. The van der Waals surface area contributed by atoms with Gasteiger partial charge in [0.15, 0.2) is 0 Å². The van der Waals surface area contributed by atoms with Crippen LogP contribution in [0.5, 0.6) is 0 Å². The maximum Gasteiger partial charge on any atom is 0.313 e. The van der Waals surface area contributed by atoms with Crippen molar-refractivity contribution in [3.05, 3.63) is 75.4 Å². The van der Waals surface area contributed by atoms with Crippen molar-refractivity contribution in [2.24, 2.45) is 10.2 Å². The van der Waals surface area contributed by atoms with Crippen LogP contribution in [0.2, 0.25) is 0 Å². The van der Waals surface area contributed by atoms with Gasteiger partial charge in [0.05, 0.1) is 15.2 Å². The summed E-state index contributed by atoms with van der Waals surface area (Å²) in [5.41, 5.74) is 2.89. The zero-order valence-electron chi connectivity index (χ0n) is 15.0. The summed E-state index contributed by atoms with van der Waals surface area (Å²) in [5, 5.41) is 12.8. The van der Waals surface area contributed by atoms with Crippen LogP contribution in [0.1, 0.15) is 5.56 Å². The van der Waals surface area contributed by atoms with Crippen LogP contribution in [0.15, 0.2) is 80.1 Å². The molecule has 142 valence electrons. The molecule has 0 fully saturated rings. The number of amides is 2. The molecule has 6 nitrogen and oxygen atoms in total. The number of rotatable bonds is 5. The lowest BCUT2D eigenvalue weighted by molar-refractivity contribution is -0.142. The third kappa shape index (κ3) is 5.58. The Morgan fingerprint density at radius 2 is 1.68 bits per heavy atom. The van der Waals surface area contributed by atoms with Crippen molar-refractivity contribution in [3.63, 3.8) is 0 Å². The molecule has 28 heavy (non-hydrogen) atoms. The number of carbonyl (C=O) groups is 2. The number of hydrogen-bond donors (Lipinski definition) is 1. The number of carbonyl (C=O) groups excluding carboxylic acids is 2. The van der Waals surface area contributed by atoms with Crippen LogP contribution in [0.25, 0.3) is 0 Å². The molecule has 0 aliphatic carbocycles. The molecule has 0 aliphatic heterocycles. The Hall–Kier alpha value is -2.84. The minimum atomic E-state index is -0.685. The highest BCUT2D eigenvalue weighted by Crippen LogP contribution is 2.22. The van der Waals surface area contributed by atoms with Gasteiger partial charge in [-0.1, -0.05) is 18.2 Å². The summed E-state index contributed by atoms with van der Waals surface area (Å²) in [6.07, 6.45) is 0. The summed E-state index contributed by atoms with van der Waals surface area (Å²) < 4.78 is 0.984. The zero-order chi connectivity index (χ0) is 19.9. The van der Waals surface area contributed by atoms with Crippen molar-refractivity contribution < 1.29 is 9.59 Å². The van der Waals surface area contributed by atoms with Gasteiger partial charge in [-0.25, -0.2) is 0 Å². The minimum absolute atomic E-state index is 0.368. The van der Waals surface area contributed by atoms with E-state index in [1.165, 1.54) is 16.2 Å². The van der Waals surface area contributed by atoms with E-state index in [9.17, 15) is 9.59 Å². The molecule has 0 atom stereocenters. The first-order valence-electron chi connectivity index (χ1n) is 8.37. The highest BCUT2D eigenvalue weighted by atomic mass is 79.9. The number of anilines is 1. The van der Waals surface area contributed by atoms with E-state index in [1.54, 1.807) is 31.3 Å². The van der Waals surface area contributed by atoms with E-state index in [0.717, 1.165) is 15.0 Å². The highest BCUT2D eigenvalue weighted by Gasteiger charge is 2.19. The number of azo groups is 1. The van der Waals surface area contributed by atoms with Gasteiger partial charge in [0, 0.05) is 19.3 Å². The van der Waals surface area contributed by atoms with E-state index in [2.05, 4.69) is 31.5 Å². The van der Waals surface area contributed by atoms with Crippen LogP contribution in [0.4, 0.5) is 17.1 Å². The number of thiophene rings is 1. The van der Waals surface area contributed by atoms with E-state index in [0.29, 0.717) is 17.9 Å². The van der Waals surface area contributed by atoms with Crippen LogP contribution in [0, 0.1) is 0 Å². The fourth-order valence-electron chi connectivity index (χ4n) is 2.35. The van der Waals surface area contributed by atoms with Crippen molar-refractivity contribution in [1.82, 2.24) is 4.90 Å². The molecule has 2 aromatic carbocycles. The Balaban J connectivity index is 1.56. The lowest BCUT2D eigenvalue weighted by Gasteiger charge is -2.15. The molecule has 1 heterocycles. The van der Waals surface area contributed by atoms with Gasteiger partial charge in [-0.15, -0.1) is 11.3 Å². The normalized spacial score (nSPS) is 10.8. The average Bonchev–Trinajstić information content (AvgIpc) is 3.12. The Bertz CT molecular complexity index is 987. The number of hydrogen-bond acceptors (Lipinski definition) is 5. The second-order valence-electron chi connectivity index (χ2n) is 5.96. The molecule has 3 aromatic rings. The zero-order valence-corrected chi connectivity index (χ0v) is 17.4. The van der Waals surface area contributed by atoms with E-state index in [1.807, 2.05) is 41.8 Å². The molecule has 0 saturated heterocycles. The molecule has 0 radical (unpaired) electrons. The first kappa shape index (κ1) is 19.9. The van der Waals surface area contributed by atoms with E-state index in [4.69, 9.17) is 0 Å². The van der Waals surface area contributed by atoms with Crippen LogP contribution in [-0.4, -0.2) is 23.8 Å². The fourth-order valence-corrected chi connectivity index (χ4v) is 3.55. The number of nitrogens with zero attached hydrogens (tertiary/aromatic N) is 3. The third-order valence-electron chi connectivity index (χ3n) is 3.74. The first-order valence-corrected chi connectivity index (χ1v) is 10.0. The van der Waals surface area contributed by atoms with Crippen molar-refractivity contribution in [1.29, 1.82) is 0 Å². The number of nitrogens with one attached hydrogen (secondary N) is 1. The lowest BCUT2D eigenvalue weighted by atomic mass is 10.2. The van der Waals surface area contributed by atoms with Crippen molar-refractivity contribution >= 4 is 56.1 Å². The minimum Gasteiger partial charge on any atom is -0.333 e. The Morgan fingerprint density at radius 1 is 1.04 bits per heavy atom. The second-order valence-corrected chi connectivity index (χ2v) is 8.25. The van der Waals surface area contributed by atoms with E-state index >= 15 is 0 Å². The molecule has 3 rings (SSSR count).